The summed E-state index contributed by atoms with van der Waals surface area (Å²) in [5, 5.41) is 11.3. The maximum absolute atomic E-state index is 13.3. The summed E-state index contributed by atoms with van der Waals surface area (Å²) >= 11 is 0. The van der Waals surface area contributed by atoms with Crippen LogP contribution in [0.25, 0.3) is 0 Å². The number of rotatable bonds is 6. The van der Waals surface area contributed by atoms with E-state index < -0.39 is 14.9 Å². The van der Waals surface area contributed by atoms with Crippen LogP contribution in [0.15, 0.2) is 83.8 Å². The van der Waals surface area contributed by atoms with Crippen LogP contribution in [0.4, 0.5) is 11.4 Å². The molecule has 3 aromatic carbocycles. The summed E-state index contributed by atoms with van der Waals surface area (Å²) in [5.74, 6) is 0. The van der Waals surface area contributed by atoms with Crippen molar-refractivity contribution < 1.29 is 13.3 Å². The number of nitro benzene ring substituents is 1. The summed E-state index contributed by atoms with van der Waals surface area (Å²) in [6.45, 7) is 1.73. The first kappa shape index (κ1) is 18.6. The smallest absolute Gasteiger partial charge is 0.262 e. The number of nitro groups is 1. The van der Waals surface area contributed by atoms with E-state index in [1.165, 1.54) is 10.4 Å². The van der Waals surface area contributed by atoms with E-state index in [1.807, 2.05) is 6.92 Å². The molecule has 0 bridgehead atoms. The normalized spacial score (nSPS) is 11.1. The van der Waals surface area contributed by atoms with Gasteiger partial charge in [-0.2, -0.15) is 0 Å². The molecule has 0 aliphatic rings. The van der Waals surface area contributed by atoms with Gasteiger partial charge in [-0.15, -0.1) is 0 Å². The van der Waals surface area contributed by atoms with E-state index in [-0.39, 0.29) is 17.1 Å². The SMILES string of the molecule is Cc1ccc(S(=O)(=O)N(Cc2ccccc2[N+](=O)[O-])c2ccccc2)cc1. The van der Waals surface area contributed by atoms with E-state index in [9.17, 15) is 18.5 Å². The monoisotopic (exact) mass is 382 g/mol. The van der Waals surface area contributed by atoms with E-state index in [0.717, 1.165) is 5.56 Å². The van der Waals surface area contributed by atoms with Gasteiger partial charge in [0.25, 0.3) is 15.7 Å². The molecule has 0 heterocycles. The van der Waals surface area contributed by atoms with Crippen LogP contribution in [-0.4, -0.2) is 13.3 Å². The minimum Gasteiger partial charge on any atom is -0.262 e. The Morgan fingerprint density at radius 3 is 2.11 bits per heavy atom. The van der Waals surface area contributed by atoms with Gasteiger partial charge in [-0.25, -0.2) is 8.42 Å². The lowest BCUT2D eigenvalue weighted by molar-refractivity contribution is -0.385. The third-order valence-corrected chi connectivity index (χ3v) is 5.94. The summed E-state index contributed by atoms with van der Waals surface area (Å²) in [6, 6.07) is 21.3. The van der Waals surface area contributed by atoms with Crippen molar-refractivity contribution in [3.8, 4) is 0 Å². The summed E-state index contributed by atoms with van der Waals surface area (Å²) in [7, 11) is -3.90. The van der Waals surface area contributed by atoms with Crippen LogP contribution in [0, 0.1) is 17.0 Å². The van der Waals surface area contributed by atoms with Crippen LogP contribution in [0.5, 0.6) is 0 Å². The van der Waals surface area contributed by atoms with Gasteiger partial charge in [0.05, 0.1) is 27.6 Å². The highest BCUT2D eigenvalue weighted by atomic mass is 32.2. The minimum absolute atomic E-state index is 0.113. The van der Waals surface area contributed by atoms with E-state index >= 15 is 0 Å². The Balaban J connectivity index is 2.11. The van der Waals surface area contributed by atoms with Gasteiger partial charge in [0.15, 0.2) is 0 Å². The van der Waals surface area contributed by atoms with Gasteiger partial charge >= 0.3 is 0 Å². The molecular weight excluding hydrogens is 364 g/mol. The van der Waals surface area contributed by atoms with Crippen LogP contribution in [0.3, 0.4) is 0 Å². The van der Waals surface area contributed by atoms with Crippen LogP contribution in [0.1, 0.15) is 11.1 Å². The van der Waals surface area contributed by atoms with Gasteiger partial charge in [0, 0.05) is 6.07 Å². The topological polar surface area (TPSA) is 80.5 Å². The molecular formula is C20H18N2O4S. The van der Waals surface area contributed by atoms with Gasteiger partial charge in [-0.1, -0.05) is 54.1 Å². The van der Waals surface area contributed by atoms with Gasteiger partial charge in [0.2, 0.25) is 0 Å². The Bertz CT molecular complexity index is 1050. The second kappa shape index (κ2) is 7.59. The van der Waals surface area contributed by atoms with Crippen LogP contribution in [-0.2, 0) is 16.6 Å². The average molecular weight is 382 g/mol. The predicted octanol–water partition coefficient (Wildman–Crippen LogP) is 4.30. The van der Waals surface area contributed by atoms with E-state index in [1.54, 1.807) is 72.8 Å². The zero-order valence-electron chi connectivity index (χ0n) is 14.6. The molecule has 0 fully saturated rings. The second-order valence-electron chi connectivity index (χ2n) is 6.05. The fourth-order valence-electron chi connectivity index (χ4n) is 2.72. The molecule has 0 unspecified atom stereocenters. The number of nitrogens with zero attached hydrogens (tertiary/aromatic N) is 2. The molecule has 0 amide bonds. The quantitative estimate of drug-likeness (QED) is 0.470. The molecule has 0 aliphatic heterocycles. The highest BCUT2D eigenvalue weighted by molar-refractivity contribution is 7.92. The molecule has 0 aliphatic carbocycles. The molecule has 0 radical (unpaired) electrons. The number of benzene rings is 3. The Hall–Kier alpha value is -3.19. The molecule has 0 N–H and O–H groups in total. The minimum atomic E-state index is -3.90. The summed E-state index contributed by atoms with van der Waals surface area (Å²) in [5.41, 5.74) is 1.59. The Morgan fingerprint density at radius 1 is 0.889 bits per heavy atom. The number of sulfonamides is 1. The largest absolute Gasteiger partial charge is 0.274 e. The van der Waals surface area contributed by atoms with Crippen molar-refractivity contribution in [3.05, 3.63) is 100 Å². The molecule has 3 aromatic rings. The lowest BCUT2D eigenvalue weighted by Gasteiger charge is -2.24. The lowest BCUT2D eigenvalue weighted by Crippen LogP contribution is -2.30. The van der Waals surface area contributed by atoms with Crippen LogP contribution in [0.2, 0.25) is 0 Å². The highest BCUT2D eigenvalue weighted by Gasteiger charge is 2.27. The van der Waals surface area contributed by atoms with Crippen molar-refractivity contribution in [2.24, 2.45) is 0 Å². The van der Waals surface area contributed by atoms with Crippen molar-refractivity contribution in [3.63, 3.8) is 0 Å². The number of para-hydroxylation sites is 2. The Labute approximate surface area is 157 Å². The fourth-order valence-corrected chi connectivity index (χ4v) is 4.17. The maximum Gasteiger partial charge on any atom is 0.274 e. The van der Waals surface area contributed by atoms with Crippen LogP contribution >= 0.6 is 0 Å². The molecule has 0 spiro atoms. The summed E-state index contributed by atoms with van der Waals surface area (Å²) in [6.07, 6.45) is 0. The Kier molecular flexibility index (Phi) is 5.23. The number of hydrogen-bond donors (Lipinski definition) is 0. The average Bonchev–Trinajstić information content (AvgIpc) is 2.67. The number of aryl methyl sites for hydroxylation is 1. The molecule has 7 heteroatoms. The third kappa shape index (κ3) is 3.98. The van der Waals surface area contributed by atoms with Crippen LogP contribution < -0.4 is 4.31 Å². The van der Waals surface area contributed by atoms with Gasteiger partial charge in [0.1, 0.15) is 0 Å². The summed E-state index contributed by atoms with van der Waals surface area (Å²) in [4.78, 5) is 11.0. The molecule has 0 saturated carbocycles. The van der Waals surface area contributed by atoms with E-state index in [0.29, 0.717) is 11.3 Å². The van der Waals surface area contributed by atoms with Crippen molar-refractivity contribution in [1.82, 2.24) is 0 Å². The van der Waals surface area contributed by atoms with Gasteiger partial charge < -0.3 is 0 Å². The maximum atomic E-state index is 13.3. The van der Waals surface area contributed by atoms with E-state index in [4.69, 9.17) is 0 Å². The van der Waals surface area contributed by atoms with E-state index in [2.05, 4.69) is 0 Å². The molecule has 3 rings (SSSR count). The van der Waals surface area contributed by atoms with Gasteiger partial charge in [-0.3, -0.25) is 14.4 Å². The van der Waals surface area contributed by atoms with Crippen molar-refractivity contribution in [2.75, 3.05) is 4.31 Å². The molecule has 0 saturated heterocycles. The summed E-state index contributed by atoms with van der Waals surface area (Å²) < 4.78 is 27.8. The first-order chi connectivity index (χ1) is 12.9. The second-order valence-corrected chi connectivity index (χ2v) is 7.91. The molecule has 27 heavy (non-hydrogen) atoms. The lowest BCUT2D eigenvalue weighted by atomic mass is 10.2. The van der Waals surface area contributed by atoms with Crippen molar-refractivity contribution in [2.45, 2.75) is 18.4 Å². The molecule has 0 atom stereocenters. The zero-order valence-corrected chi connectivity index (χ0v) is 15.5. The number of hydrogen-bond acceptors (Lipinski definition) is 4. The molecule has 6 nitrogen and oxygen atoms in total. The molecule has 138 valence electrons. The first-order valence-corrected chi connectivity index (χ1v) is 9.70. The zero-order chi connectivity index (χ0) is 19.4. The fraction of sp³-hybridized carbons (Fsp3) is 0.100. The predicted molar refractivity (Wildman–Crippen MR) is 104 cm³/mol. The Morgan fingerprint density at radius 2 is 1.48 bits per heavy atom. The van der Waals surface area contributed by atoms with Crippen molar-refractivity contribution in [1.29, 1.82) is 0 Å². The highest BCUT2D eigenvalue weighted by Crippen LogP contribution is 2.28. The first-order valence-electron chi connectivity index (χ1n) is 8.26. The number of anilines is 1. The standard InChI is InChI=1S/C20H18N2O4S/c1-16-11-13-19(14-12-16)27(25,26)21(18-8-3-2-4-9-18)15-17-7-5-6-10-20(17)22(23)24/h2-14H,15H2,1H3. The third-order valence-electron chi connectivity index (χ3n) is 4.16. The van der Waals surface area contributed by atoms with Crippen molar-refractivity contribution >= 4 is 21.4 Å². The van der Waals surface area contributed by atoms with Gasteiger partial charge in [-0.05, 0) is 31.2 Å². The molecule has 0 aromatic heterocycles.